The van der Waals surface area contributed by atoms with Crippen molar-refractivity contribution in [2.45, 2.75) is 119 Å². The molecule has 0 spiro atoms. The molecule has 5 aliphatic carbocycles. The number of fused-ring (bicyclic) bond motifs is 7. The van der Waals surface area contributed by atoms with Gasteiger partial charge in [-0.1, -0.05) is 73.1 Å². The Morgan fingerprint density at radius 2 is 1.69 bits per heavy atom. The quantitative estimate of drug-likeness (QED) is 0.415. The third-order valence-corrected chi connectivity index (χ3v) is 12.8. The molecule has 3 saturated carbocycles. The fourth-order valence-corrected chi connectivity index (χ4v) is 11.3. The summed E-state index contributed by atoms with van der Waals surface area (Å²) in [6.45, 7) is 20.8. The van der Waals surface area contributed by atoms with Crippen molar-refractivity contribution in [1.82, 2.24) is 0 Å². The largest absolute Gasteiger partial charge is 0.462 e. The predicted molar refractivity (Wildman–Crippen MR) is 142 cm³/mol. The van der Waals surface area contributed by atoms with Crippen LogP contribution in [0.25, 0.3) is 0 Å². The Bertz CT molecular complexity index is 973. The first-order valence-electron chi connectivity index (χ1n) is 14.4. The minimum Gasteiger partial charge on any atom is -0.462 e. The summed E-state index contributed by atoms with van der Waals surface area (Å²) in [7, 11) is 0. The Hall–Kier alpha value is -1.09. The highest BCUT2D eigenvalue weighted by Crippen LogP contribution is 2.76. The Balaban J connectivity index is 1.57. The third kappa shape index (κ3) is 3.15. The number of allylic oxidation sites excluding steroid dienone is 4. The van der Waals surface area contributed by atoms with Crippen molar-refractivity contribution in [1.29, 1.82) is 0 Å². The number of ether oxygens (including phenoxy) is 1. The minimum absolute atomic E-state index is 0.0458. The topological polar surface area (TPSA) is 46.5 Å². The van der Waals surface area contributed by atoms with Crippen LogP contribution in [0, 0.1) is 50.7 Å². The molecule has 0 saturated heterocycles. The number of aliphatic hydroxyl groups excluding tert-OH is 1. The number of rotatable bonds is 2. The molecule has 0 aliphatic heterocycles. The molecule has 5 rings (SSSR count). The van der Waals surface area contributed by atoms with E-state index in [2.05, 4.69) is 67.5 Å². The lowest BCUT2D eigenvalue weighted by molar-refractivity contribution is -0.259. The van der Waals surface area contributed by atoms with Crippen LogP contribution in [0.4, 0.5) is 0 Å². The molecule has 9 atom stereocenters. The summed E-state index contributed by atoms with van der Waals surface area (Å²) < 4.78 is 5.84. The van der Waals surface area contributed by atoms with Gasteiger partial charge in [-0.25, -0.2) is 0 Å². The fraction of sp³-hybridized carbons (Fsp3) is 0.844. The van der Waals surface area contributed by atoms with Gasteiger partial charge in [0.05, 0.1) is 6.10 Å². The van der Waals surface area contributed by atoms with Gasteiger partial charge in [0.1, 0.15) is 6.10 Å². The normalized spacial score (nSPS) is 50.3. The Morgan fingerprint density at radius 1 is 1.03 bits per heavy atom. The third-order valence-electron chi connectivity index (χ3n) is 12.8. The lowest BCUT2D eigenvalue weighted by Crippen LogP contribution is -2.69. The molecule has 3 fully saturated rings. The molecule has 0 aromatic rings. The summed E-state index contributed by atoms with van der Waals surface area (Å²) in [4.78, 5) is 11.9. The van der Waals surface area contributed by atoms with Crippen molar-refractivity contribution in [3.8, 4) is 0 Å². The molecule has 3 nitrogen and oxygen atoms in total. The Morgan fingerprint density at radius 3 is 2.31 bits per heavy atom. The summed E-state index contributed by atoms with van der Waals surface area (Å²) in [5.41, 5.74) is 3.51. The van der Waals surface area contributed by atoms with Gasteiger partial charge in [-0.3, -0.25) is 4.79 Å². The monoisotopic (exact) mass is 482 g/mol. The van der Waals surface area contributed by atoms with Crippen molar-refractivity contribution in [2.24, 2.45) is 50.7 Å². The van der Waals surface area contributed by atoms with E-state index in [4.69, 9.17) is 4.74 Å². The molecule has 0 aromatic carbocycles. The number of hydrogen-bond donors (Lipinski definition) is 1. The van der Waals surface area contributed by atoms with Crippen molar-refractivity contribution >= 4 is 5.97 Å². The van der Waals surface area contributed by atoms with Crippen LogP contribution in [0.5, 0.6) is 0 Å². The van der Waals surface area contributed by atoms with Gasteiger partial charge in [0, 0.05) is 12.3 Å². The number of carbonyl (C=O) groups is 1. The molecular formula is C32H50O3. The molecule has 3 heteroatoms. The molecule has 35 heavy (non-hydrogen) atoms. The highest BCUT2D eigenvalue weighted by molar-refractivity contribution is 5.66. The van der Waals surface area contributed by atoms with Crippen LogP contribution in [-0.2, 0) is 9.53 Å². The van der Waals surface area contributed by atoms with E-state index in [0.717, 1.165) is 19.3 Å². The first-order valence-corrected chi connectivity index (χ1v) is 14.4. The minimum atomic E-state index is -0.377. The van der Waals surface area contributed by atoms with Gasteiger partial charge in [-0.2, -0.15) is 0 Å². The molecule has 0 aromatic heterocycles. The summed E-state index contributed by atoms with van der Waals surface area (Å²) in [5, 5.41) is 12.0. The van der Waals surface area contributed by atoms with Crippen LogP contribution in [-0.4, -0.2) is 23.3 Å². The highest BCUT2D eigenvalue weighted by atomic mass is 16.5. The van der Waals surface area contributed by atoms with Crippen LogP contribution in [0.2, 0.25) is 0 Å². The molecule has 0 heterocycles. The average molecular weight is 483 g/mol. The summed E-state index contributed by atoms with van der Waals surface area (Å²) in [6.07, 6.45) is 12.5. The maximum atomic E-state index is 12.0. The average Bonchev–Trinajstić information content (AvgIpc) is 3.07. The van der Waals surface area contributed by atoms with Crippen molar-refractivity contribution in [2.75, 3.05) is 0 Å². The second-order valence-electron chi connectivity index (χ2n) is 14.9. The van der Waals surface area contributed by atoms with E-state index in [1.54, 1.807) is 11.1 Å². The van der Waals surface area contributed by atoms with Crippen LogP contribution in [0.3, 0.4) is 0 Å². The Labute approximate surface area is 214 Å². The van der Waals surface area contributed by atoms with Gasteiger partial charge in [0.15, 0.2) is 0 Å². The van der Waals surface area contributed by atoms with E-state index in [1.807, 2.05) is 0 Å². The van der Waals surface area contributed by atoms with Gasteiger partial charge in [-0.05, 0) is 95.9 Å². The molecule has 0 unspecified atom stereocenters. The van der Waals surface area contributed by atoms with Gasteiger partial charge in [0.2, 0.25) is 0 Å². The molecule has 1 N–H and O–H groups in total. The van der Waals surface area contributed by atoms with E-state index in [0.29, 0.717) is 17.8 Å². The van der Waals surface area contributed by atoms with E-state index >= 15 is 0 Å². The van der Waals surface area contributed by atoms with E-state index < -0.39 is 0 Å². The first kappa shape index (κ1) is 25.6. The first-order chi connectivity index (χ1) is 16.1. The number of aliphatic hydroxyl groups is 1. The maximum Gasteiger partial charge on any atom is 0.302 e. The number of hydrogen-bond acceptors (Lipinski definition) is 3. The van der Waals surface area contributed by atoms with Crippen LogP contribution >= 0.6 is 0 Å². The number of esters is 1. The SMILES string of the molecule is CC(=O)O[C@H]1CC[C@]2(C)[C@H]3CC[C@@H]4[C@@]5(C)CCC(C(C)C)=C5C=C[C@@]4(C)[C@]3(C)C[C@H](O)[C@H]2C1(C)C. The van der Waals surface area contributed by atoms with E-state index in [9.17, 15) is 9.90 Å². The summed E-state index contributed by atoms with van der Waals surface area (Å²) >= 11 is 0. The zero-order valence-corrected chi connectivity index (χ0v) is 23.8. The zero-order valence-electron chi connectivity index (χ0n) is 23.8. The van der Waals surface area contributed by atoms with Crippen molar-refractivity contribution in [3.63, 3.8) is 0 Å². The molecule has 5 aliphatic rings. The lowest BCUT2D eigenvalue weighted by Gasteiger charge is -2.72. The second-order valence-corrected chi connectivity index (χ2v) is 14.9. The molecular weight excluding hydrogens is 432 g/mol. The zero-order chi connectivity index (χ0) is 25.8. The van der Waals surface area contributed by atoms with E-state index in [1.165, 1.54) is 32.6 Å². The van der Waals surface area contributed by atoms with Crippen molar-refractivity contribution in [3.05, 3.63) is 23.3 Å². The molecule has 196 valence electrons. The molecule has 0 amide bonds. The van der Waals surface area contributed by atoms with Gasteiger partial charge < -0.3 is 9.84 Å². The molecule has 0 radical (unpaired) electrons. The van der Waals surface area contributed by atoms with Crippen LogP contribution in [0.1, 0.15) is 107 Å². The van der Waals surface area contributed by atoms with Gasteiger partial charge in [0.25, 0.3) is 0 Å². The van der Waals surface area contributed by atoms with Crippen LogP contribution < -0.4 is 0 Å². The molecule has 0 bridgehead atoms. The maximum absolute atomic E-state index is 12.0. The predicted octanol–water partition coefficient (Wildman–Crippen LogP) is 7.49. The fourth-order valence-electron chi connectivity index (χ4n) is 11.3. The summed E-state index contributed by atoms with van der Waals surface area (Å²) in [5.74, 6) is 1.76. The second kappa shape index (κ2) is 7.71. The smallest absolute Gasteiger partial charge is 0.302 e. The van der Waals surface area contributed by atoms with Gasteiger partial charge >= 0.3 is 5.97 Å². The highest BCUT2D eigenvalue weighted by Gasteiger charge is 2.71. The Kier molecular flexibility index (Phi) is 5.63. The van der Waals surface area contributed by atoms with Crippen molar-refractivity contribution < 1.29 is 14.6 Å². The van der Waals surface area contributed by atoms with Crippen LogP contribution in [0.15, 0.2) is 23.3 Å². The standard InChI is InChI=1S/C32H50O3/c1-19(2)21-12-15-29(6)22(21)13-17-31(8)24(29)10-11-25-30(7)16-14-26(35-20(3)33)28(4,5)27(30)23(34)18-32(25,31)9/h13,17,19,23-27,34H,10-12,14-16,18H2,1-9H3/t23-,24+,25+,26-,27-,29-,30+,31+,32+/m0/s1. The number of carbonyl (C=O) groups excluding carboxylic acids is 1. The lowest BCUT2D eigenvalue weighted by atomic mass is 9.32. The van der Waals surface area contributed by atoms with Gasteiger partial charge in [-0.15, -0.1) is 0 Å². The summed E-state index contributed by atoms with van der Waals surface area (Å²) in [6, 6.07) is 0. The van der Waals surface area contributed by atoms with E-state index in [-0.39, 0.29) is 51.2 Å².